The van der Waals surface area contributed by atoms with Crippen molar-refractivity contribution in [3.8, 4) is 5.75 Å². The monoisotopic (exact) mass is 170 g/mol. The Bertz CT molecular complexity index is 248. The van der Waals surface area contributed by atoms with Gasteiger partial charge in [-0.15, -0.1) is 0 Å². The van der Waals surface area contributed by atoms with Crippen LogP contribution in [-0.4, -0.2) is 0 Å². The second-order valence-corrected chi connectivity index (χ2v) is 2.60. The summed E-state index contributed by atoms with van der Waals surface area (Å²) in [5.74, 6) is 0.750. The Morgan fingerprint density at radius 2 is 2.18 bits per heavy atom. The molecule has 0 fully saturated rings. The largest absolute Gasteiger partial charge is 0.447 e. The molecule has 0 aromatic heterocycles. The highest BCUT2D eigenvalue weighted by Crippen LogP contribution is 2.21. The number of rotatable bonds is 3. The third-order valence-electron chi connectivity index (χ3n) is 1.53. The first-order valence-electron chi connectivity index (χ1n) is 3.56. The highest BCUT2D eigenvalue weighted by atomic mass is 31.1. The quantitative estimate of drug-likeness (QED) is 0.650. The first-order chi connectivity index (χ1) is 5.38. The van der Waals surface area contributed by atoms with E-state index in [1.807, 2.05) is 31.2 Å². The molecule has 1 aromatic rings. The maximum Gasteiger partial charge on any atom is 0.225 e. The molecule has 60 valence electrons. The second-order valence-electron chi connectivity index (χ2n) is 2.18. The van der Waals surface area contributed by atoms with E-state index in [1.54, 1.807) is 0 Å². The summed E-state index contributed by atoms with van der Waals surface area (Å²) in [7, 11) is -1.14. The van der Waals surface area contributed by atoms with Crippen molar-refractivity contribution < 1.29 is 9.09 Å². The van der Waals surface area contributed by atoms with Crippen LogP contribution in [0.15, 0.2) is 24.3 Å². The Kier molecular flexibility index (Phi) is 3.18. The molecule has 0 spiro atoms. The van der Waals surface area contributed by atoms with Gasteiger partial charge >= 0.3 is 0 Å². The third-order valence-corrected chi connectivity index (χ3v) is 1.88. The van der Waals surface area contributed by atoms with Crippen LogP contribution < -0.4 is 4.52 Å². The molecule has 0 radical (unpaired) electrons. The average molecular weight is 170 g/mol. The van der Waals surface area contributed by atoms with Crippen molar-refractivity contribution >= 4 is 8.69 Å². The highest BCUT2D eigenvalue weighted by molar-refractivity contribution is 7.17. The molecule has 0 N–H and O–H groups in total. The molecule has 1 aromatic carbocycles. The van der Waals surface area contributed by atoms with Crippen LogP contribution in [0, 0.1) is 0 Å². The highest BCUT2D eigenvalue weighted by Gasteiger charge is 1.97. The molecule has 11 heavy (non-hydrogen) atoms. The summed E-state index contributed by atoms with van der Waals surface area (Å²) >= 11 is 0. The van der Waals surface area contributed by atoms with E-state index >= 15 is 0 Å². The van der Waals surface area contributed by atoms with Crippen molar-refractivity contribution in [3.05, 3.63) is 29.8 Å². The zero-order chi connectivity index (χ0) is 8.10. The van der Waals surface area contributed by atoms with Crippen LogP contribution in [0.2, 0.25) is 0 Å². The lowest BCUT2D eigenvalue weighted by molar-refractivity contribution is 0.522. The fourth-order valence-electron chi connectivity index (χ4n) is 0.963. The lowest BCUT2D eigenvalue weighted by Gasteiger charge is -2.03. The van der Waals surface area contributed by atoms with Crippen LogP contribution in [0.3, 0.4) is 0 Å². The van der Waals surface area contributed by atoms with Gasteiger partial charge in [0.15, 0.2) is 0 Å². The minimum atomic E-state index is -1.14. The van der Waals surface area contributed by atoms with Gasteiger partial charge in [0, 0.05) is 0 Å². The lowest BCUT2D eigenvalue weighted by atomic mass is 10.1. The molecule has 1 atom stereocenters. The molecule has 0 saturated carbocycles. The first-order valence-corrected chi connectivity index (χ1v) is 4.51. The van der Waals surface area contributed by atoms with E-state index in [0.29, 0.717) is 0 Å². The molecule has 0 bridgehead atoms. The number of para-hydroxylation sites is 1. The van der Waals surface area contributed by atoms with E-state index in [-0.39, 0.29) is 0 Å². The van der Waals surface area contributed by atoms with Crippen LogP contribution in [0.25, 0.3) is 0 Å². The van der Waals surface area contributed by atoms with Crippen molar-refractivity contribution in [1.29, 1.82) is 0 Å². The summed E-state index contributed by atoms with van der Waals surface area (Å²) in [6.07, 6.45) is 0.912. The first kappa shape index (κ1) is 8.35. The number of aryl methyl sites for hydroxylation is 1. The van der Waals surface area contributed by atoms with Gasteiger partial charge in [-0.1, -0.05) is 25.1 Å². The Morgan fingerprint density at radius 3 is 2.82 bits per heavy atom. The Morgan fingerprint density at radius 1 is 1.45 bits per heavy atom. The van der Waals surface area contributed by atoms with Crippen LogP contribution in [0.5, 0.6) is 5.75 Å². The van der Waals surface area contributed by atoms with E-state index in [2.05, 4.69) is 0 Å². The van der Waals surface area contributed by atoms with Crippen molar-refractivity contribution in [2.24, 2.45) is 0 Å². The van der Waals surface area contributed by atoms with Crippen LogP contribution in [-0.2, 0) is 11.0 Å². The Hall–Kier alpha value is -0.750. The van der Waals surface area contributed by atoms with Gasteiger partial charge in [0.2, 0.25) is 8.69 Å². The molecule has 0 heterocycles. The smallest absolute Gasteiger partial charge is 0.225 e. The molecule has 1 unspecified atom stereocenters. The van der Waals surface area contributed by atoms with Crippen LogP contribution >= 0.6 is 8.69 Å². The van der Waals surface area contributed by atoms with Crippen molar-refractivity contribution in [1.82, 2.24) is 0 Å². The van der Waals surface area contributed by atoms with Gasteiger partial charge in [-0.3, -0.25) is 4.57 Å². The van der Waals surface area contributed by atoms with Gasteiger partial charge in [-0.05, 0) is 18.1 Å². The van der Waals surface area contributed by atoms with Crippen LogP contribution in [0.1, 0.15) is 12.5 Å². The van der Waals surface area contributed by atoms with Gasteiger partial charge in [0.1, 0.15) is 5.75 Å². The number of hydrogen-bond acceptors (Lipinski definition) is 2. The molecule has 0 aliphatic heterocycles. The Labute approximate surface area is 67.5 Å². The van der Waals surface area contributed by atoms with E-state index in [4.69, 9.17) is 4.52 Å². The van der Waals surface area contributed by atoms with Gasteiger partial charge in [-0.2, -0.15) is 0 Å². The minimum Gasteiger partial charge on any atom is -0.447 e. The topological polar surface area (TPSA) is 26.3 Å². The summed E-state index contributed by atoms with van der Waals surface area (Å²) in [5, 5.41) is 0. The molecular formula is C8H11O2P. The third kappa shape index (κ3) is 2.09. The number of benzene rings is 1. The molecule has 0 saturated heterocycles. The summed E-state index contributed by atoms with van der Waals surface area (Å²) in [5.41, 5.74) is 1.11. The minimum absolute atomic E-state index is 0.750. The van der Waals surface area contributed by atoms with Gasteiger partial charge in [0.25, 0.3) is 0 Å². The zero-order valence-corrected chi connectivity index (χ0v) is 7.57. The predicted octanol–water partition coefficient (Wildman–Crippen LogP) is 2.30. The standard InChI is InChI=1S/C8H11O2P/c1-2-7-5-3-4-6-8(7)10-11-9/h3-6H,2,11H2,1H3. The maximum absolute atomic E-state index is 10.2. The van der Waals surface area contributed by atoms with Gasteiger partial charge in [0.05, 0.1) is 0 Å². The van der Waals surface area contributed by atoms with E-state index in [0.717, 1.165) is 17.7 Å². The summed E-state index contributed by atoms with van der Waals surface area (Å²) in [6.45, 7) is 2.04. The van der Waals surface area contributed by atoms with Crippen molar-refractivity contribution in [3.63, 3.8) is 0 Å². The molecule has 0 amide bonds. The fraction of sp³-hybridized carbons (Fsp3) is 0.250. The predicted molar refractivity (Wildman–Crippen MR) is 46.8 cm³/mol. The fourth-order valence-corrected chi connectivity index (χ4v) is 1.30. The normalized spacial score (nSPS) is 10.6. The average Bonchev–Trinajstić information content (AvgIpc) is 2.06. The summed E-state index contributed by atoms with van der Waals surface area (Å²) in [6, 6.07) is 7.64. The second kappa shape index (κ2) is 4.20. The van der Waals surface area contributed by atoms with Crippen molar-refractivity contribution in [2.75, 3.05) is 0 Å². The van der Waals surface area contributed by atoms with Gasteiger partial charge < -0.3 is 4.52 Å². The summed E-state index contributed by atoms with van der Waals surface area (Å²) < 4.78 is 15.2. The SMILES string of the molecule is CCc1ccccc1O[PH2]=O. The lowest BCUT2D eigenvalue weighted by Crippen LogP contribution is -1.84. The van der Waals surface area contributed by atoms with Crippen LogP contribution in [0.4, 0.5) is 0 Å². The van der Waals surface area contributed by atoms with Gasteiger partial charge in [-0.25, -0.2) is 0 Å². The molecule has 1 rings (SSSR count). The molecule has 3 heteroatoms. The molecule has 2 nitrogen and oxygen atoms in total. The molecular weight excluding hydrogens is 159 g/mol. The maximum atomic E-state index is 10.2. The number of hydrogen-bond donors (Lipinski definition) is 0. The van der Waals surface area contributed by atoms with E-state index in [1.165, 1.54) is 0 Å². The van der Waals surface area contributed by atoms with E-state index in [9.17, 15) is 4.57 Å². The zero-order valence-electron chi connectivity index (χ0n) is 6.41. The van der Waals surface area contributed by atoms with E-state index < -0.39 is 8.69 Å². The molecule has 0 aliphatic rings. The summed E-state index contributed by atoms with van der Waals surface area (Å²) in [4.78, 5) is 0. The van der Waals surface area contributed by atoms with Crippen molar-refractivity contribution in [2.45, 2.75) is 13.3 Å². The Balaban J connectivity index is 2.92. The molecule has 0 aliphatic carbocycles.